The van der Waals surface area contributed by atoms with Gasteiger partial charge in [-0.1, -0.05) is 12.1 Å². The molecular weight excluding hydrogens is 335 g/mol. The molecule has 1 heterocycles. The van der Waals surface area contributed by atoms with Crippen molar-refractivity contribution in [2.24, 2.45) is 0 Å². The van der Waals surface area contributed by atoms with Crippen molar-refractivity contribution in [3.05, 3.63) is 59.5 Å². The Kier molecular flexibility index (Phi) is 4.88. The molecule has 0 saturated heterocycles. The van der Waals surface area contributed by atoms with Gasteiger partial charge in [-0.05, 0) is 35.4 Å². The van der Waals surface area contributed by atoms with Gasteiger partial charge in [-0.15, -0.1) is 0 Å². The highest BCUT2D eigenvalue weighted by atomic mass is 19.1. The van der Waals surface area contributed by atoms with E-state index in [4.69, 9.17) is 20.9 Å². The highest BCUT2D eigenvalue weighted by Crippen LogP contribution is 2.40. The molecule has 0 radical (unpaired) electrons. The number of nitrogens with two attached hydrogens (primary N) is 2. The van der Waals surface area contributed by atoms with Crippen LogP contribution < -0.4 is 20.9 Å². The standard InChI is InChI=1S/C19H19FN4O2/c1-25-16-9-11(7-13-10-23-19(22)24-18(13)21)8-15(17(16)26-2)12-3-5-14(20)6-4-12/h3-6,8-10H,7H2,1-2H3,(H4,21,22,23,24). The summed E-state index contributed by atoms with van der Waals surface area (Å²) in [7, 11) is 3.13. The molecule has 0 unspecified atom stereocenters. The van der Waals surface area contributed by atoms with Gasteiger partial charge in [0.2, 0.25) is 5.95 Å². The van der Waals surface area contributed by atoms with E-state index in [0.29, 0.717) is 23.7 Å². The Morgan fingerprint density at radius 3 is 2.38 bits per heavy atom. The molecule has 0 bridgehead atoms. The van der Waals surface area contributed by atoms with E-state index in [1.54, 1.807) is 32.5 Å². The third-order valence-corrected chi connectivity index (χ3v) is 4.01. The number of rotatable bonds is 5. The summed E-state index contributed by atoms with van der Waals surface area (Å²) in [6, 6.07) is 10.00. The summed E-state index contributed by atoms with van der Waals surface area (Å²) < 4.78 is 24.3. The highest BCUT2D eigenvalue weighted by Gasteiger charge is 2.15. The quantitative estimate of drug-likeness (QED) is 0.731. The molecule has 0 aliphatic rings. The van der Waals surface area contributed by atoms with Gasteiger partial charge in [-0.3, -0.25) is 0 Å². The monoisotopic (exact) mass is 354 g/mol. The third kappa shape index (κ3) is 3.51. The second-order valence-corrected chi connectivity index (χ2v) is 5.70. The number of methoxy groups -OCH3 is 2. The van der Waals surface area contributed by atoms with E-state index in [0.717, 1.165) is 22.3 Å². The summed E-state index contributed by atoms with van der Waals surface area (Å²) in [5.41, 5.74) is 14.7. The minimum absolute atomic E-state index is 0.130. The van der Waals surface area contributed by atoms with Crippen LogP contribution in [0.15, 0.2) is 42.6 Å². The van der Waals surface area contributed by atoms with Crippen molar-refractivity contribution < 1.29 is 13.9 Å². The molecule has 2 aromatic carbocycles. The lowest BCUT2D eigenvalue weighted by atomic mass is 9.98. The van der Waals surface area contributed by atoms with Gasteiger partial charge in [0.1, 0.15) is 11.6 Å². The van der Waals surface area contributed by atoms with Crippen LogP contribution >= 0.6 is 0 Å². The Morgan fingerprint density at radius 2 is 1.77 bits per heavy atom. The van der Waals surface area contributed by atoms with Crippen molar-refractivity contribution in [3.63, 3.8) is 0 Å². The molecule has 6 nitrogen and oxygen atoms in total. The van der Waals surface area contributed by atoms with Crippen LogP contribution in [0.2, 0.25) is 0 Å². The van der Waals surface area contributed by atoms with Crippen LogP contribution in [0, 0.1) is 5.82 Å². The average molecular weight is 354 g/mol. The molecule has 134 valence electrons. The first-order valence-corrected chi connectivity index (χ1v) is 7.89. The van der Waals surface area contributed by atoms with Gasteiger partial charge >= 0.3 is 0 Å². The average Bonchev–Trinajstić information content (AvgIpc) is 2.64. The van der Waals surface area contributed by atoms with Crippen LogP contribution in [0.5, 0.6) is 11.5 Å². The van der Waals surface area contributed by atoms with Gasteiger partial charge in [0.25, 0.3) is 0 Å². The van der Waals surface area contributed by atoms with E-state index in [1.165, 1.54) is 12.1 Å². The number of ether oxygens (including phenoxy) is 2. The molecule has 0 amide bonds. The Hall–Kier alpha value is -3.35. The predicted octanol–water partition coefficient (Wildman–Crippen LogP) is 3.06. The molecule has 0 aliphatic carbocycles. The molecule has 7 heteroatoms. The summed E-state index contributed by atoms with van der Waals surface area (Å²) in [4.78, 5) is 7.97. The topological polar surface area (TPSA) is 96.3 Å². The zero-order valence-corrected chi connectivity index (χ0v) is 14.5. The number of aromatic nitrogens is 2. The largest absolute Gasteiger partial charge is 0.493 e. The number of nitrogen functional groups attached to an aromatic ring is 2. The van der Waals surface area contributed by atoms with E-state index >= 15 is 0 Å². The molecule has 3 rings (SSSR count). The molecule has 0 atom stereocenters. The van der Waals surface area contributed by atoms with E-state index in [9.17, 15) is 4.39 Å². The fourth-order valence-electron chi connectivity index (χ4n) is 2.76. The van der Waals surface area contributed by atoms with Crippen LogP contribution in [-0.2, 0) is 6.42 Å². The van der Waals surface area contributed by atoms with Gasteiger partial charge < -0.3 is 20.9 Å². The summed E-state index contributed by atoms with van der Waals surface area (Å²) in [5, 5.41) is 0. The van der Waals surface area contributed by atoms with E-state index in [-0.39, 0.29) is 11.8 Å². The molecular formula is C19H19FN4O2. The summed E-state index contributed by atoms with van der Waals surface area (Å²) in [6.45, 7) is 0. The SMILES string of the molecule is COc1cc(Cc2cnc(N)nc2N)cc(-c2ccc(F)cc2)c1OC. The maximum absolute atomic E-state index is 13.3. The highest BCUT2D eigenvalue weighted by molar-refractivity contribution is 5.75. The smallest absolute Gasteiger partial charge is 0.221 e. The second kappa shape index (κ2) is 7.26. The van der Waals surface area contributed by atoms with Crippen molar-refractivity contribution in [1.82, 2.24) is 9.97 Å². The summed E-state index contributed by atoms with van der Waals surface area (Å²) >= 11 is 0. The molecule has 1 aromatic heterocycles. The second-order valence-electron chi connectivity index (χ2n) is 5.70. The summed E-state index contributed by atoms with van der Waals surface area (Å²) in [5.74, 6) is 1.30. The van der Waals surface area contributed by atoms with E-state index in [1.807, 2.05) is 12.1 Å². The van der Waals surface area contributed by atoms with Crippen LogP contribution in [-0.4, -0.2) is 24.2 Å². The summed E-state index contributed by atoms with van der Waals surface area (Å²) in [6.07, 6.45) is 2.09. The Balaban J connectivity index is 2.08. The van der Waals surface area contributed by atoms with Crippen LogP contribution in [0.25, 0.3) is 11.1 Å². The number of nitrogens with zero attached hydrogens (tertiary/aromatic N) is 2. The number of anilines is 2. The Bertz CT molecular complexity index is 930. The van der Waals surface area contributed by atoms with Crippen LogP contribution in [0.4, 0.5) is 16.2 Å². The number of benzene rings is 2. The maximum atomic E-state index is 13.3. The van der Waals surface area contributed by atoms with Crippen LogP contribution in [0.3, 0.4) is 0 Å². The number of hydrogen-bond donors (Lipinski definition) is 2. The first-order chi connectivity index (χ1) is 12.5. The lowest BCUT2D eigenvalue weighted by molar-refractivity contribution is 0.356. The van der Waals surface area contributed by atoms with Crippen molar-refractivity contribution in [3.8, 4) is 22.6 Å². The first-order valence-electron chi connectivity index (χ1n) is 7.89. The van der Waals surface area contributed by atoms with Crippen molar-refractivity contribution in [2.75, 3.05) is 25.7 Å². The Morgan fingerprint density at radius 1 is 1.04 bits per heavy atom. The zero-order valence-electron chi connectivity index (χ0n) is 14.5. The fraction of sp³-hybridized carbons (Fsp3) is 0.158. The van der Waals surface area contributed by atoms with Gasteiger partial charge in [0.05, 0.1) is 14.2 Å². The molecule has 0 fully saturated rings. The van der Waals surface area contributed by atoms with Gasteiger partial charge in [0, 0.05) is 23.7 Å². The van der Waals surface area contributed by atoms with Gasteiger partial charge in [0.15, 0.2) is 11.5 Å². The fourth-order valence-corrected chi connectivity index (χ4v) is 2.76. The van der Waals surface area contributed by atoms with Gasteiger partial charge in [-0.2, -0.15) is 4.98 Å². The minimum atomic E-state index is -0.303. The Labute approximate surface area is 150 Å². The lowest BCUT2D eigenvalue weighted by Gasteiger charge is -2.16. The minimum Gasteiger partial charge on any atom is -0.493 e. The zero-order chi connectivity index (χ0) is 18.7. The predicted molar refractivity (Wildman–Crippen MR) is 98.6 cm³/mol. The third-order valence-electron chi connectivity index (χ3n) is 4.01. The molecule has 3 aromatic rings. The van der Waals surface area contributed by atoms with Crippen molar-refractivity contribution in [2.45, 2.75) is 6.42 Å². The molecule has 0 aliphatic heterocycles. The molecule has 0 spiro atoms. The normalized spacial score (nSPS) is 10.6. The van der Waals surface area contributed by atoms with Crippen LogP contribution in [0.1, 0.15) is 11.1 Å². The number of hydrogen-bond acceptors (Lipinski definition) is 6. The lowest BCUT2D eigenvalue weighted by Crippen LogP contribution is -2.04. The molecule has 4 N–H and O–H groups in total. The van der Waals surface area contributed by atoms with E-state index in [2.05, 4.69) is 9.97 Å². The maximum Gasteiger partial charge on any atom is 0.221 e. The van der Waals surface area contributed by atoms with Gasteiger partial charge in [-0.25, -0.2) is 9.37 Å². The number of halogens is 1. The van der Waals surface area contributed by atoms with Crippen molar-refractivity contribution in [1.29, 1.82) is 0 Å². The molecule has 0 saturated carbocycles. The molecule has 26 heavy (non-hydrogen) atoms. The first kappa shape index (κ1) is 17.5. The van der Waals surface area contributed by atoms with Crippen molar-refractivity contribution >= 4 is 11.8 Å². The van der Waals surface area contributed by atoms with E-state index < -0.39 is 0 Å².